The number of hydrogen-bond acceptors (Lipinski definition) is 6. The number of carbonyl (C=O) groups excluding carboxylic acids is 3. The Hall–Kier alpha value is -3.72. The number of nitrogens with one attached hydrogen (secondary N) is 3. The van der Waals surface area contributed by atoms with E-state index in [0.29, 0.717) is 23.6 Å². The Morgan fingerprint density at radius 2 is 1.88 bits per heavy atom. The third-order valence-electron chi connectivity index (χ3n) is 4.87. The quantitative estimate of drug-likeness (QED) is 0.322. The molecule has 1 heterocycles. The first-order valence-electron chi connectivity index (χ1n) is 10.7. The molecule has 1 aliphatic rings. The van der Waals surface area contributed by atoms with Gasteiger partial charge in [0.25, 0.3) is 5.91 Å². The lowest BCUT2D eigenvalue weighted by Crippen LogP contribution is -2.41. The second-order valence-corrected chi connectivity index (χ2v) is 7.80. The SMILES string of the molecule is Cc1cc(C)cc(NC(=O)COc2ccccc2/C=N\NC(=O)C(=O)NC[C@H]2CCCO2)c1. The second-order valence-electron chi connectivity index (χ2n) is 7.80. The number of para-hydroxylation sites is 1. The number of hydrazone groups is 1. The van der Waals surface area contributed by atoms with Crippen LogP contribution < -0.4 is 20.8 Å². The van der Waals surface area contributed by atoms with Gasteiger partial charge in [-0.2, -0.15) is 5.10 Å². The van der Waals surface area contributed by atoms with Crippen LogP contribution in [0.3, 0.4) is 0 Å². The minimum Gasteiger partial charge on any atom is -0.483 e. The van der Waals surface area contributed by atoms with Crippen LogP contribution in [0.5, 0.6) is 5.75 Å². The lowest BCUT2D eigenvalue weighted by atomic mass is 10.1. The number of carbonyl (C=O) groups is 3. The van der Waals surface area contributed by atoms with E-state index in [1.807, 2.05) is 32.0 Å². The molecule has 1 fully saturated rings. The molecule has 3 N–H and O–H groups in total. The number of aryl methyl sites for hydroxylation is 2. The number of anilines is 1. The molecule has 9 heteroatoms. The molecule has 1 saturated heterocycles. The summed E-state index contributed by atoms with van der Waals surface area (Å²) in [6.45, 7) is 4.68. The van der Waals surface area contributed by atoms with Crippen LogP contribution in [-0.2, 0) is 19.1 Å². The molecule has 9 nitrogen and oxygen atoms in total. The Morgan fingerprint density at radius 1 is 1.12 bits per heavy atom. The van der Waals surface area contributed by atoms with Crippen molar-refractivity contribution >= 4 is 29.6 Å². The number of nitrogens with zero attached hydrogens (tertiary/aromatic N) is 1. The zero-order chi connectivity index (χ0) is 23.6. The van der Waals surface area contributed by atoms with Crippen molar-refractivity contribution in [2.24, 2.45) is 5.10 Å². The van der Waals surface area contributed by atoms with Crippen molar-refractivity contribution < 1.29 is 23.9 Å². The predicted octanol–water partition coefficient (Wildman–Crippen LogP) is 2.07. The van der Waals surface area contributed by atoms with E-state index in [1.54, 1.807) is 24.3 Å². The zero-order valence-electron chi connectivity index (χ0n) is 18.7. The summed E-state index contributed by atoms with van der Waals surface area (Å²) in [6.07, 6.45) is 3.11. The normalized spacial score (nSPS) is 15.3. The van der Waals surface area contributed by atoms with E-state index in [0.717, 1.165) is 24.0 Å². The van der Waals surface area contributed by atoms with E-state index in [4.69, 9.17) is 9.47 Å². The highest BCUT2D eigenvalue weighted by Crippen LogP contribution is 2.17. The summed E-state index contributed by atoms with van der Waals surface area (Å²) in [5, 5.41) is 9.15. The molecule has 0 bridgehead atoms. The summed E-state index contributed by atoms with van der Waals surface area (Å²) < 4.78 is 11.0. The molecule has 0 unspecified atom stereocenters. The van der Waals surface area contributed by atoms with Gasteiger partial charge in [0.2, 0.25) is 0 Å². The maximum Gasteiger partial charge on any atom is 0.329 e. The number of benzene rings is 2. The molecule has 0 aliphatic carbocycles. The minimum absolute atomic E-state index is 0.0542. The van der Waals surface area contributed by atoms with Gasteiger partial charge < -0.3 is 20.1 Å². The van der Waals surface area contributed by atoms with Gasteiger partial charge in [0.15, 0.2) is 6.61 Å². The Balaban J connectivity index is 1.48. The number of rotatable bonds is 8. The van der Waals surface area contributed by atoms with Crippen molar-refractivity contribution in [1.82, 2.24) is 10.7 Å². The molecular formula is C24H28N4O5. The van der Waals surface area contributed by atoms with E-state index >= 15 is 0 Å². The highest BCUT2D eigenvalue weighted by atomic mass is 16.5. The van der Waals surface area contributed by atoms with Crippen molar-refractivity contribution in [1.29, 1.82) is 0 Å². The first kappa shape index (κ1) is 23.9. The number of hydrogen-bond donors (Lipinski definition) is 3. The molecule has 0 spiro atoms. The van der Waals surface area contributed by atoms with E-state index in [-0.39, 0.29) is 25.2 Å². The predicted molar refractivity (Wildman–Crippen MR) is 124 cm³/mol. The molecule has 3 rings (SSSR count). The van der Waals surface area contributed by atoms with Gasteiger partial charge in [-0.1, -0.05) is 18.2 Å². The smallest absolute Gasteiger partial charge is 0.329 e. The summed E-state index contributed by atoms with van der Waals surface area (Å²) in [4.78, 5) is 36.0. The van der Waals surface area contributed by atoms with Crippen LogP contribution in [0.1, 0.15) is 29.5 Å². The lowest BCUT2D eigenvalue weighted by Gasteiger charge is -2.11. The van der Waals surface area contributed by atoms with Gasteiger partial charge in [0, 0.05) is 24.4 Å². The van der Waals surface area contributed by atoms with E-state index in [2.05, 4.69) is 21.2 Å². The summed E-state index contributed by atoms with van der Waals surface area (Å²) in [7, 11) is 0. The molecule has 1 aliphatic heterocycles. The van der Waals surface area contributed by atoms with E-state index in [1.165, 1.54) is 6.21 Å². The summed E-state index contributed by atoms with van der Waals surface area (Å²) in [5.74, 6) is -1.55. The Morgan fingerprint density at radius 3 is 2.61 bits per heavy atom. The average molecular weight is 453 g/mol. The topological polar surface area (TPSA) is 118 Å². The average Bonchev–Trinajstić information content (AvgIpc) is 3.29. The third-order valence-corrected chi connectivity index (χ3v) is 4.87. The first-order chi connectivity index (χ1) is 15.9. The molecule has 2 aromatic carbocycles. The first-order valence-corrected chi connectivity index (χ1v) is 10.7. The summed E-state index contributed by atoms with van der Waals surface area (Å²) in [6, 6.07) is 12.7. The van der Waals surface area contributed by atoms with Gasteiger partial charge in [-0.25, -0.2) is 5.43 Å². The molecule has 0 saturated carbocycles. The summed E-state index contributed by atoms with van der Waals surface area (Å²) >= 11 is 0. The van der Waals surface area contributed by atoms with Crippen molar-refractivity contribution in [2.45, 2.75) is 32.8 Å². The van der Waals surface area contributed by atoms with Crippen LogP contribution in [-0.4, -0.2) is 49.8 Å². The molecule has 174 valence electrons. The fourth-order valence-corrected chi connectivity index (χ4v) is 3.41. The lowest BCUT2D eigenvalue weighted by molar-refractivity contribution is -0.139. The highest BCUT2D eigenvalue weighted by Gasteiger charge is 2.19. The molecule has 2 aromatic rings. The molecular weight excluding hydrogens is 424 g/mol. The van der Waals surface area contributed by atoms with Crippen molar-refractivity contribution in [3.8, 4) is 5.75 Å². The molecule has 0 radical (unpaired) electrons. The molecule has 0 aromatic heterocycles. The van der Waals surface area contributed by atoms with Crippen LogP contribution in [0, 0.1) is 13.8 Å². The van der Waals surface area contributed by atoms with Gasteiger partial charge in [-0.05, 0) is 62.1 Å². The maximum absolute atomic E-state index is 12.3. The number of amides is 3. The summed E-state index contributed by atoms with van der Waals surface area (Å²) in [5.41, 5.74) is 5.53. The van der Waals surface area contributed by atoms with Gasteiger partial charge >= 0.3 is 11.8 Å². The Kier molecular flexibility index (Phi) is 8.54. The van der Waals surface area contributed by atoms with Crippen molar-refractivity contribution in [3.63, 3.8) is 0 Å². The second kappa shape index (κ2) is 11.8. The third kappa shape index (κ3) is 7.73. The van der Waals surface area contributed by atoms with Gasteiger partial charge in [-0.3, -0.25) is 14.4 Å². The van der Waals surface area contributed by atoms with Crippen LogP contribution in [0.4, 0.5) is 5.69 Å². The minimum atomic E-state index is -0.879. The van der Waals surface area contributed by atoms with E-state index < -0.39 is 11.8 Å². The van der Waals surface area contributed by atoms with Gasteiger partial charge in [0.1, 0.15) is 5.75 Å². The zero-order valence-corrected chi connectivity index (χ0v) is 18.7. The van der Waals surface area contributed by atoms with Gasteiger partial charge in [0.05, 0.1) is 12.3 Å². The van der Waals surface area contributed by atoms with Crippen LogP contribution in [0.2, 0.25) is 0 Å². The van der Waals surface area contributed by atoms with Crippen molar-refractivity contribution in [2.75, 3.05) is 25.1 Å². The highest BCUT2D eigenvalue weighted by molar-refractivity contribution is 6.35. The Labute approximate surface area is 192 Å². The Bertz CT molecular complexity index is 1010. The standard InChI is InChI=1S/C24H28N4O5/c1-16-10-17(2)12-19(11-16)27-22(29)15-33-21-8-4-3-6-18(21)13-26-28-24(31)23(30)25-14-20-7-5-9-32-20/h3-4,6,8,10-13,20H,5,7,9,14-15H2,1-2H3,(H,25,30)(H,27,29)(H,28,31)/b26-13-/t20-/m1/s1. The van der Waals surface area contributed by atoms with Crippen LogP contribution >= 0.6 is 0 Å². The maximum atomic E-state index is 12.3. The largest absolute Gasteiger partial charge is 0.483 e. The van der Waals surface area contributed by atoms with E-state index in [9.17, 15) is 14.4 Å². The number of ether oxygens (including phenoxy) is 2. The van der Waals surface area contributed by atoms with Crippen molar-refractivity contribution in [3.05, 3.63) is 59.2 Å². The van der Waals surface area contributed by atoms with Gasteiger partial charge in [-0.15, -0.1) is 0 Å². The molecule has 33 heavy (non-hydrogen) atoms. The molecule has 1 atom stereocenters. The fourth-order valence-electron chi connectivity index (χ4n) is 3.41. The fraction of sp³-hybridized carbons (Fsp3) is 0.333. The monoisotopic (exact) mass is 452 g/mol. The van der Waals surface area contributed by atoms with Crippen LogP contribution in [0.15, 0.2) is 47.6 Å². The molecule has 3 amide bonds. The van der Waals surface area contributed by atoms with Crippen LogP contribution in [0.25, 0.3) is 0 Å².